The predicted molar refractivity (Wildman–Crippen MR) is 85.0 cm³/mol. The molecule has 2 rings (SSSR count). The molecular weight excluding hydrogens is 326 g/mol. The average Bonchev–Trinajstić information content (AvgIpc) is 2.53. The van der Waals surface area contributed by atoms with E-state index in [0.29, 0.717) is 10.8 Å². The molecule has 2 aromatic carbocycles. The maximum absolute atomic E-state index is 12.4. The lowest BCUT2D eigenvalue weighted by Gasteiger charge is -2.12. The molecule has 0 amide bonds. The Hall–Kier alpha value is -1.76. The lowest BCUT2D eigenvalue weighted by molar-refractivity contribution is 0.392. The highest BCUT2D eigenvalue weighted by atomic mass is 35.5. The van der Waals surface area contributed by atoms with E-state index in [1.807, 2.05) is 0 Å². The lowest BCUT2D eigenvalue weighted by Crippen LogP contribution is -2.23. The molecule has 0 fully saturated rings. The van der Waals surface area contributed by atoms with Crippen molar-refractivity contribution < 1.29 is 17.9 Å². The lowest BCUT2D eigenvalue weighted by atomic mass is 10.2. The highest BCUT2D eigenvalue weighted by Gasteiger charge is 2.20. The third-order valence-electron chi connectivity index (χ3n) is 3.04. The summed E-state index contributed by atoms with van der Waals surface area (Å²) in [7, 11) is -0.844. The third kappa shape index (κ3) is 3.91. The van der Waals surface area contributed by atoms with Gasteiger partial charge in [0, 0.05) is 17.6 Å². The molecule has 0 saturated heterocycles. The SMILES string of the molecule is COc1ccc(OC)c(S(=O)(=O)NCc2ccc(Cl)cc2)c1. The van der Waals surface area contributed by atoms with Gasteiger partial charge in [-0.1, -0.05) is 23.7 Å². The predicted octanol–water partition coefficient (Wildman–Crippen LogP) is 2.84. The molecule has 118 valence electrons. The fraction of sp³-hybridized carbons (Fsp3) is 0.200. The maximum Gasteiger partial charge on any atom is 0.244 e. The van der Waals surface area contributed by atoms with Gasteiger partial charge >= 0.3 is 0 Å². The molecule has 0 radical (unpaired) electrons. The normalized spacial score (nSPS) is 11.2. The Morgan fingerprint density at radius 2 is 1.73 bits per heavy atom. The zero-order valence-corrected chi connectivity index (χ0v) is 13.7. The largest absolute Gasteiger partial charge is 0.497 e. The van der Waals surface area contributed by atoms with Crippen LogP contribution in [0.5, 0.6) is 11.5 Å². The number of sulfonamides is 1. The third-order valence-corrected chi connectivity index (χ3v) is 4.71. The number of ether oxygens (including phenoxy) is 2. The molecule has 0 spiro atoms. The number of nitrogens with one attached hydrogen (secondary N) is 1. The van der Waals surface area contributed by atoms with E-state index >= 15 is 0 Å². The van der Waals surface area contributed by atoms with Crippen molar-refractivity contribution in [1.29, 1.82) is 0 Å². The molecule has 7 heteroatoms. The van der Waals surface area contributed by atoms with Crippen molar-refractivity contribution in [1.82, 2.24) is 4.72 Å². The first-order chi connectivity index (χ1) is 10.5. The van der Waals surface area contributed by atoms with Crippen LogP contribution in [-0.2, 0) is 16.6 Å². The molecule has 0 heterocycles. The molecular formula is C15H16ClNO4S. The van der Waals surface area contributed by atoms with Crippen LogP contribution in [0.2, 0.25) is 5.02 Å². The second kappa shape index (κ2) is 7.00. The summed E-state index contributed by atoms with van der Waals surface area (Å²) < 4.78 is 37.6. The monoisotopic (exact) mass is 341 g/mol. The summed E-state index contributed by atoms with van der Waals surface area (Å²) in [5, 5.41) is 0.598. The zero-order chi connectivity index (χ0) is 16.2. The smallest absolute Gasteiger partial charge is 0.244 e. The first kappa shape index (κ1) is 16.6. The van der Waals surface area contributed by atoms with E-state index in [4.69, 9.17) is 21.1 Å². The van der Waals surface area contributed by atoms with Crippen LogP contribution in [0.1, 0.15) is 5.56 Å². The standard InChI is InChI=1S/C15H16ClNO4S/c1-20-13-7-8-14(21-2)15(9-13)22(18,19)17-10-11-3-5-12(16)6-4-11/h3-9,17H,10H2,1-2H3. The Balaban J connectivity index is 2.24. The van der Waals surface area contributed by atoms with Gasteiger partial charge < -0.3 is 9.47 Å². The molecule has 0 aliphatic heterocycles. The quantitative estimate of drug-likeness (QED) is 0.877. The van der Waals surface area contributed by atoms with Crippen LogP contribution in [0.15, 0.2) is 47.4 Å². The molecule has 0 aliphatic carbocycles. The second-order valence-corrected chi connectivity index (χ2v) is 6.64. The van der Waals surface area contributed by atoms with Crippen molar-refractivity contribution >= 4 is 21.6 Å². The van der Waals surface area contributed by atoms with Crippen LogP contribution in [0.25, 0.3) is 0 Å². The Morgan fingerprint density at radius 3 is 2.32 bits per heavy atom. The Kier molecular flexibility index (Phi) is 5.28. The number of hydrogen-bond acceptors (Lipinski definition) is 4. The number of rotatable bonds is 6. The summed E-state index contributed by atoms with van der Waals surface area (Å²) in [6, 6.07) is 11.5. The molecule has 0 aliphatic rings. The summed E-state index contributed by atoms with van der Waals surface area (Å²) in [4.78, 5) is 0.0308. The van der Waals surface area contributed by atoms with Gasteiger partial charge in [0.25, 0.3) is 0 Å². The molecule has 0 atom stereocenters. The van der Waals surface area contributed by atoms with E-state index in [2.05, 4.69) is 4.72 Å². The fourth-order valence-electron chi connectivity index (χ4n) is 1.85. The fourth-order valence-corrected chi connectivity index (χ4v) is 3.18. The summed E-state index contributed by atoms with van der Waals surface area (Å²) in [5.74, 6) is 0.692. The van der Waals surface area contributed by atoms with Crippen molar-refractivity contribution in [2.45, 2.75) is 11.4 Å². The van der Waals surface area contributed by atoms with Gasteiger partial charge in [0.1, 0.15) is 16.4 Å². The van der Waals surface area contributed by atoms with Gasteiger partial charge in [-0.25, -0.2) is 13.1 Å². The van der Waals surface area contributed by atoms with Crippen LogP contribution in [0, 0.1) is 0 Å². The second-order valence-electron chi connectivity index (χ2n) is 4.47. The Bertz CT molecular complexity index is 745. The number of benzene rings is 2. The summed E-state index contributed by atoms with van der Waals surface area (Å²) in [6.45, 7) is 0.153. The zero-order valence-electron chi connectivity index (χ0n) is 12.2. The minimum Gasteiger partial charge on any atom is -0.497 e. The van der Waals surface area contributed by atoms with Gasteiger partial charge in [0.05, 0.1) is 14.2 Å². The summed E-state index contributed by atoms with van der Waals surface area (Å²) in [5.41, 5.74) is 0.801. The molecule has 22 heavy (non-hydrogen) atoms. The number of hydrogen-bond donors (Lipinski definition) is 1. The van der Waals surface area contributed by atoms with E-state index in [1.54, 1.807) is 36.4 Å². The van der Waals surface area contributed by atoms with Gasteiger partial charge in [-0.15, -0.1) is 0 Å². The van der Waals surface area contributed by atoms with Crippen LogP contribution in [0.3, 0.4) is 0 Å². The molecule has 0 saturated carbocycles. The van der Waals surface area contributed by atoms with Crippen LogP contribution in [-0.4, -0.2) is 22.6 Å². The first-order valence-electron chi connectivity index (χ1n) is 6.42. The van der Waals surface area contributed by atoms with Crippen LogP contribution < -0.4 is 14.2 Å². The molecule has 5 nitrogen and oxygen atoms in total. The average molecular weight is 342 g/mol. The van der Waals surface area contributed by atoms with E-state index < -0.39 is 10.0 Å². The van der Waals surface area contributed by atoms with Crippen molar-refractivity contribution in [2.75, 3.05) is 14.2 Å². The van der Waals surface area contributed by atoms with Gasteiger partial charge in [0.2, 0.25) is 10.0 Å². The summed E-state index contributed by atoms with van der Waals surface area (Å²) >= 11 is 5.80. The van der Waals surface area contributed by atoms with Gasteiger partial charge in [-0.05, 0) is 29.8 Å². The van der Waals surface area contributed by atoms with Crippen LogP contribution in [0.4, 0.5) is 0 Å². The van der Waals surface area contributed by atoms with Crippen molar-refractivity contribution in [3.63, 3.8) is 0 Å². The molecule has 1 N–H and O–H groups in total. The Morgan fingerprint density at radius 1 is 1.05 bits per heavy atom. The minimum atomic E-state index is -3.73. The topological polar surface area (TPSA) is 64.6 Å². The summed E-state index contributed by atoms with van der Waals surface area (Å²) in [6.07, 6.45) is 0. The van der Waals surface area contributed by atoms with E-state index in [0.717, 1.165) is 5.56 Å². The van der Waals surface area contributed by atoms with Crippen molar-refractivity contribution in [3.05, 3.63) is 53.1 Å². The highest BCUT2D eigenvalue weighted by Crippen LogP contribution is 2.28. The highest BCUT2D eigenvalue weighted by molar-refractivity contribution is 7.89. The number of methoxy groups -OCH3 is 2. The van der Waals surface area contributed by atoms with Gasteiger partial charge in [-0.2, -0.15) is 0 Å². The van der Waals surface area contributed by atoms with Gasteiger partial charge in [-0.3, -0.25) is 0 Å². The first-order valence-corrected chi connectivity index (χ1v) is 8.28. The van der Waals surface area contributed by atoms with Crippen LogP contribution >= 0.6 is 11.6 Å². The molecule has 0 bridgehead atoms. The van der Waals surface area contributed by atoms with Crippen molar-refractivity contribution in [2.24, 2.45) is 0 Å². The Labute approximate surface area is 134 Å². The molecule has 0 unspecified atom stereocenters. The maximum atomic E-state index is 12.4. The molecule has 0 aromatic heterocycles. The minimum absolute atomic E-state index is 0.0308. The van der Waals surface area contributed by atoms with E-state index in [9.17, 15) is 8.42 Å². The number of halogens is 1. The van der Waals surface area contributed by atoms with Gasteiger partial charge in [0.15, 0.2) is 0 Å². The molecule has 2 aromatic rings. The van der Waals surface area contributed by atoms with E-state index in [1.165, 1.54) is 20.3 Å². The van der Waals surface area contributed by atoms with E-state index in [-0.39, 0.29) is 17.2 Å². The van der Waals surface area contributed by atoms with Crippen molar-refractivity contribution in [3.8, 4) is 11.5 Å².